The van der Waals surface area contributed by atoms with E-state index in [9.17, 15) is 14.4 Å². The van der Waals surface area contributed by atoms with Crippen LogP contribution in [0.15, 0.2) is 12.2 Å². The summed E-state index contributed by atoms with van der Waals surface area (Å²) in [5, 5.41) is 0. The van der Waals surface area contributed by atoms with Crippen LogP contribution in [0.5, 0.6) is 0 Å². The Morgan fingerprint density at radius 1 is 1.22 bits per heavy atom. The summed E-state index contributed by atoms with van der Waals surface area (Å²) in [7, 11) is 3.48. The highest BCUT2D eigenvalue weighted by Crippen LogP contribution is 2.36. The van der Waals surface area contributed by atoms with Crippen molar-refractivity contribution in [1.82, 2.24) is 19.9 Å². The van der Waals surface area contributed by atoms with Crippen LogP contribution in [0.2, 0.25) is 0 Å². The van der Waals surface area contributed by atoms with E-state index in [4.69, 9.17) is 10.5 Å². The van der Waals surface area contributed by atoms with Crippen molar-refractivity contribution in [2.75, 3.05) is 24.7 Å². The van der Waals surface area contributed by atoms with E-state index in [0.29, 0.717) is 18.8 Å². The predicted molar refractivity (Wildman–Crippen MR) is 95.0 cm³/mol. The Morgan fingerprint density at radius 3 is 2.37 bits per heavy atom. The molecule has 27 heavy (non-hydrogen) atoms. The van der Waals surface area contributed by atoms with Crippen LogP contribution in [0.1, 0.15) is 25.6 Å². The van der Waals surface area contributed by atoms with Gasteiger partial charge in [0.1, 0.15) is 6.04 Å². The first-order chi connectivity index (χ1) is 12.8. The normalized spacial score (nSPS) is 22.6. The molecule has 3 rings (SSSR count). The molecule has 0 radical (unpaired) electrons. The molecule has 3 atom stereocenters. The number of nitrogens with two attached hydrogens (primary N) is 1. The maximum absolute atomic E-state index is 12.5. The second kappa shape index (κ2) is 7.29. The monoisotopic (exact) mass is 374 g/mol. The number of amides is 2. The molecule has 0 aromatic carbocycles. The van der Waals surface area contributed by atoms with E-state index in [1.807, 2.05) is 12.2 Å². The van der Waals surface area contributed by atoms with Crippen LogP contribution in [0.4, 0.5) is 11.9 Å². The number of likely N-dealkylation sites (tertiary alicyclic amines) is 1. The average Bonchev–Trinajstić information content (AvgIpc) is 2.89. The van der Waals surface area contributed by atoms with Crippen molar-refractivity contribution >= 4 is 29.7 Å². The minimum atomic E-state index is -1.01. The molecule has 2 heterocycles. The van der Waals surface area contributed by atoms with Gasteiger partial charge in [0.25, 0.3) is 0 Å². The third kappa shape index (κ3) is 3.60. The van der Waals surface area contributed by atoms with E-state index in [-0.39, 0.29) is 42.0 Å². The van der Waals surface area contributed by atoms with Gasteiger partial charge in [0.05, 0.1) is 11.8 Å². The quantitative estimate of drug-likeness (QED) is 0.426. The first-order valence-corrected chi connectivity index (χ1v) is 8.66. The largest absolute Gasteiger partial charge is 0.456 e. The van der Waals surface area contributed by atoms with Gasteiger partial charge in [0, 0.05) is 14.1 Å². The predicted octanol–water partition coefficient (Wildman–Crippen LogP) is -0.0973. The topological polar surface area (TPSA) is 132 Å². The number of hydrogen-bond acceptors (Lipinski definition) is 9. The van der Waals surface area contributed by atoms with Crippen LogP contribution >= 0.6 is 0 Å². The van der Waals surface area contributed by atoms with Gasteiger partial charge < -0.3 is 15.4 Å². The third-order valence-electron chi connectivity index (χ3n) is 4.70. The van der Waals surface area contributed by atoms with Crippen LogP contribution in [0.3, 0.4) is 0 Å². The van der Waals surface area contributed by atoms with Crippen LogP contribution in [0.25, 0.3) is 0 Å². The highest BCUT2D eigenvalue weighted by molar-refractivity contribution is 6.08. The number of esters is 1. The number of carbonyl (C=O) groups is 3. The summed E-state index contributed by atoms with van der Waals surface area (Å²) >= 11 is 0. The molecule has 144 valence electrons. The molecule has 2 amide bonds. The van der Waals surface area contributed by atoms with Crippen molar-refractivity contribution < 1.29 is 19.1 Å². The molecular formula is C17H22N6O4. The van der Waals surface area contributed by atoms with Crippen LogP contribution in [0, 0.1) is 11.8 Å². The lowest BCUT2D eigenvalue weighted by Gasteiger charge is -2.21. The number of fused-ring (bicyclic) bond motifs is 1. The molecule has 2 N–H and O–H groups in total. The Morgan fingerprint density at radius 2 is 1.81 bits per heavy atom. The first-order valence-electron chi connectivity index (χ1n) is 8.66. The summed E-state index contributed by atoms with van der Waals surface area (Å²) in [6, 6.07) is -1.01. The van der Waals surface area contributed by atoms with Gasteiger partial charge >= 0.3 is 5.97 Å². The summed E-state index contributed by atoms with van der Waals surface area (Å²) in [5.41, 5.74) is 5.63. The Hall–Kier alpha value is -3.04. The van der Waals surface area contributed by atoms with Crippen molar-refractivity contribution in [3.8, 4) is 0 Å². The first kappa shape index (κ1) is 18.7. The molecule has 0 bridgehead atoms. The number of rotatable bonds is 5. The Bertz CT molecular complexity index is 783. The smallest absolute Gasteiger partial charge is 0.329 e. The van der Waals surface area contributed by atoms with Gasteiger partial charge in [-0.1, -0.05) is 12.2 Å². The highest BCUT2D eigenvalue weighted by atomic mass is 16.5. The van der Waals surface area contributed by atoms with Gasteiger partial charge in [-0.05, 0) is 19.8 Å². The van der Waals surface area contributed by atoms with Gasteiger partial charge in [-0.2, -0.15) is 15.0 Å². The molecule has 0 unspecified atom stereocenters. The second-order valence-corrected chi connectivity index (χ2v) is 6.79. The van der Waals surface area contributed by atoms with Crippen LogP contribution in [-0.4, -0.2) is 57.8 Å². The second-order valence-electron chi connectivity index (χ2n) is 6.79. The Balaban J connectivity index is 1.66. The molecule has 0 saturated carbocycles. The number of nitrogens with zero attached hydrogens (tertiary/aromatic N) is 5. The molecule has 10 nitrogen and oxygen atoms in total. The number of hydrogen-bond donors (Lipinski definition) is 1. The fourth-order valence-corrected chi connectivity index (χ4v) is 3.26. The Labute approximate surface area is 156 Å². The molecule has 1 fully saturated rings. The van der Waals surface area contributed by atoms with Crippen molar-refractivity contribution in [2.24, 2.45) is 11.8 Å². The molecular weight excluding hydrogens is 352 g/mol. The van der Waals surface area contributed by atoms with Gasteiger partial charge in [-0.15, -0.1) is 0 Å². The number of nitrogen functional groups attached to an aromatic ring is 1. The number of allylic oxidation sites excluding steroid dienone is 2. The van der Waals surface area contributed by atoms with Crippen molar-refractivity contribution in [3.05, 3.63) is 18.0 Å². The minimum Gasteiger partial charge on any atom is -0.456 e. The molecule has 2 aliphatic rings. The lowest BCUT2D eigenvalue weighted by atomic mass is 9.85. The molecule has 10 heteroatoms. The summed E-state index contributed by atoms with van der Waals surface area (Å²) in [5.74, 6) is -1.58. The maximum Gasteiger partial charge on any atom is 0.329 e. The maximum atomic E-state index is 12.5. The van der Waals surface area contributed by atoms with E-state index >= 15 is 0 Å². The molecule has 1 aliphatic heterocycles. The zero-order valence-electron chi connectivity index (χ0n) is 15.5. The molecule has 1 aliphatic carbocycles. The molecule has 1 aromatic rings. The summed E-state index contributed by atoms with van der Waals surface area (Å²) in [6.07, 6.45) is 4.83. The summed E-state index contributed by atoms with van der Waals surface area (Å²) < 4.78 is 5.21. The van der Waals surface area contributed by atoms with Gasteiger partial charge in [0.2, 0.25) is 23.7 Å². The van der Waals surface area contributed by atoms with Crippen molar-refractivity contribution in [2.45, 2.75) is 32.4 Å². The summed E-state index contributed by atoms with van der Waals surface area (Å²) in [6.45, 7) is 1.25. The fraction of sp³-hybridized carbons (Fsp3) is 0.529. The lowest BCUT2D eigenvalue weighted by molar-refractivity contribution is -0.159. The number of ether oxygens (including phenoxy) is 1. The molecule has 1 aromatic heterocycles. The lowest BCUT2D eigenvalue weighted by Crippen LogP contribution is -2.44. The van der Waals surface area contributed by atoms with Crippen molar-refractivity contribution in [1.29, 1.82) is 0 Å². The van der Waals surface area contributed by atoms with E-state index in [2.05, 4.69) is 15.0 Å². The van der Waals surface area contributed by atoms with E-state index in [1.54, 1.807) is 19.0 Å². The number of anilines is 2. The Kier molecular flexibility index (Phi) is 5.06. The van der Waals surface area contributed by atoms with Gasteiger partial charge in [-0.25, -0.2) is 4.79 Å². The third-order valence-corrected chi connectivity index (χ3v) is 4.70. The van der Waals surface area contributed by atoms with Crippen LogP contribution in [-0.2, 0) is 25.7 Å². The van der Waals surface area contributed by atoms with Crippen molar-refractivity contribution in [3.63, 3.8) is 0 Å². The van der Waals surface area contributed by atoms with Crippen LogP contribution < -0.4 is 10.6 Å². The van der Waals surface area contributed by atoms with E-state index in [1.165, 1.54) is 6.92 Å². The zero-order valence-corrected chi connectivity index (χ0v) is 15.5. The average molecular weight is 374 g/mol. The van der Waals surface area contributed by atoms with E-state index in [0.717, 1.165) is 4.90 Å². The molecule has 0 spiro atoms. The highest BCUT2D eigenvalue weighted by Gasteiger charge is 2.50. The van der Waals surface area contributed by atoms with Gasteiger partial charge in [-0.3, -0.25) is 14.5 Å². The number of carbonyl (C=O) groups excluding carboxylic acids is 3. The number of aromatic nitrogens is 3. The summed E-state index contributed by atoms with van der Waals surface area (Å²) in [4.78, 5) is 52.2. The zero-order chi connectivity index (χ0) is 19.7. The molecule has 1 saturated heterocycles. The van der Waals surface area contributed by atoms with E-state index < -0.39 is 12.0 Å². The minimum absolute atomic E-state index is 0.00858. The number of imide groups is 1. The van der Waals surface area contributed by atoms with Gasteiger partial charge in [0.15, 0.2) is 12.4 Å². The SMILES string of the molecule is C[C@@H](C(=O)OCc1nc(N)nc(N(C)C)n1)N1C(=O)[C@@H]2CC=CC[C@H]2C1=O. The fourth-order valence-electron chi connectivity index (χ4n) is 3.26. The standard InChI is InChI=1S/C17H22N6O4/c1-9(23-13(24)10-6-4-5-7-11(10)14(23)25)15(26)27-8-12-19-16(18)21-17(20-12)22(2)3/h4-5,9-11H,6-8H2,1-3H3,(H2,18,19,20,21)/t9-,10+,11+/m0/s1.